The van der Waals surface area contributed by atoms with Gasteiger partial charge in [-0.2, -0.15) is 0 Å². The first-order valence-corrected chi connectivity index (χ1v) is 11.6. The van der Waals surface area contributed by atoms with Crippen molar-refractivity contribution in [3.8, 4) is 0 Å². The molecule has 0 saturated heterocycles. The molecule has 0 unspecified atom stereocenters. The zero-order valence-corrected chi connectivity index (χ0v) is 18.9. The average Bonchev–Trinajstić information content (AvgIpc) is 3.17. The highest BCUT2D eigenvalue weighted by atomic mass is 32.2. The van der Waals surface area contributed by atoms with Gasteiger partial charge in [0.05, 0.1) is 0 Å². The van der Waals surface area contributed by atoms with Crippen molar-refractivity contribution in [2.75, 3.05) is 0 Å². The highest BCUT2D eigenvalue weighted by Crippen LogP contribution is 2.30. The Morgan fingerprint density at radius 1 is 1.09 bits per heavy atom. The molecule has 0 saturated carbocycles. The zero-order valence-electron chi connectivity index (χ0n) is 18.1. The molecule has 1 atom stereocenters. The third kappa shape index (κ3) is 4.99. The fourth-order valence-corrected chi connectivity index (χ4v) is 4.52. The van der Waals surface area contributed by atoms with Gasteiger partial charge in [-0.15, -0.1) is 0 Å². The largest absolute Gasteiger partial charge is 0.350 e. The lowest BCUT2D eigenvalue weighted by atomic mass is 10.1. The summed E-state index contributed by atoms with van der Waals surface area (Å²) in [4.78, 5) is 22.4. The van der Waals surface area contributed by atoms with Crippen LogP contribution in [0, 0.1) is 12.7 Å². The number of carbonyl (C=O) groups excluding carboxylic acids is 1. The Hall–Kier alpha value is -3.19. The van der Waals surface area contributed by atoms with Crippen molar-refractivity contribution in [1.82, 2.24) is 19.9 Å². The molecular weight excluding hydrogens is 423 g/mol. The summed E-state index contributed by atoms with van der Waals surface area (Å²) in [5.74, 6) is 0.290. The molecule has 2 aromatic carbocycles. The minimum atomic E-state index is -0.434. The molecule has 0 spiro atoms. The molecule has 2 heterocycles. The Labute approximate surface area is 191 Å². The number of fused-ring (bicyclic) bond motifs is 1. The number of hydrogen-bond donors (Lipinski definition) is 1. The van der Waals surface area contributed by atoms with Crippen LogP contribution in [0.2, 0.25) is 0 Å². The maximum atomic E-state index is 13.2. The zero-order chi connectivity index (χ0) is 22.5. The lowest BCUT2D eigenvalue weighted by molar-refractivity contribution is -0.124. The number of carbonyl (C=O) groups is 1. The molecule has 4 aromatic rings. The van der Waals surface area contributed by atoms with Crippen LogP contribution in [-0.4, -0.2) is 20.4 Å². The Morgan fingerprint density at radius 2 is 1.81 bits per heavy atom. The predicted molar refractivity (Wildman–Crippen MR) is 126 cm³/mol. The van der Waals surface area contributed by atoms with Crippen molar-refractivity contribution in [1.29, 1.82) is 0 Å². The molecule has 4 rings (SSSR count). The molecule has 32 heavy (non-hydrogen) atoms. The first-order chi connectivity index (χ1) is 15.5. The molecule has 0 bridgehead atoms. The molecule has 164 valence electrons. The third-order valence-corrected chi connectivity index (χ3v) is 6.31. The molecule has 1 amide bonds. The number of pyridine rings is 1. The second-order valence-electron chi connectivity index (χ2n) is 7.65. The van der Waals surface area contributed by atoms with Crippen LogP contribution in [0.15, 0.2) is 72.0 Å². The number of amides is 1. The van der Waals surface area contributed by atoms with E-state index < -0.39 is 6.04 Å². The van der Waals surface area contributed by atoms with Crippen LogP contribution in [0.5, 0.6) is 0 Å². The van der Waals surface area contributed by atoms with Gasteiger partial charge >= 0.3 is 0 Å². The van der Waals surface area contributed by atoms with E-state index in [0.29, 0.717) is 24.4 Å². The van der Waals surface area contributed by atoms with Gasteiger partial charge in [0, 0.05) is 18.5 Å². The number of nitrogens with zero attached hydrogens (tertiary/aromatic N) is 3. The summed E-state index contributed by atoms with van der Waals surface area (Å²) in [6.45, 7) is 4.49. The quantitative estimate of drug-likeness (QED) is 0.365. The van der Waals surface area contributed by atoms with E-state index in [2.05, 4.69) is 10.3 Å². The standard InChI is InChI=1S/C25H25FN4OS/c1-3-22(24(31)28-15-18-8-6-17(2)7-9-18)30-23-21(5-4-14-27-23)29-25(30)32-16-19-10-12-20(26)13-11-19/h4-14,22H,3,15-16H2,1-2H3,(H,28,31)/t22-/m1/s1. The Kier molecular flexibility index (Phi) is 6.85. The van der Waals surface area contributed by atoms with Crippen LogP contribution in [-0.2, 0) is 17.1 Å². The topological polar surface area (TPSA) is 59.8 Å². The highest BCUT2D eigenvalue weighted by molar-refractivity contribution is 7.98. The molecule has 0 radical (unpaired) electrons. The first-order valence-electron chi connectivity index (χ1n) is 10.6. The number of nitrogens with one attached hydrogen (secondary N) is 1. The van der Waals surface area contributed by atoms with Gasteiger partial charge in [-0.25, -0.2) is 14.4 Å². The molecule has 0 fully saturated rings. The average molecular weight is 449 g/mol. The Balaban J connectivity index is 1.58. The Bertz CT molecular complexity index is 1210. The number of aryl methyl sites for hydroxylation is 1. The van der Waals surface area contributed by atoms with E-state index in [1.807, 2.05) is 54.8 Å². The van der Waals surface area contributed by atoms with Crippen LogP contribution in [0.4, 0.5) is 4.39 Å². The van der Waals surface area contributed by atoms with Crippen molar-refractivity contribution < 1.29 is 9.18 Å². The molecule has 7 heteroatoms. The summed E-state index contributed by atoms with van der Waals surface area (Å²) in [5, 5.41) is 3.79. The van der Waals surface area contributed by atoms with Gasteiger partial charge in [0.2, 0.25) is 5.91 Å². The summed E-state index contributed by atoms with van der Waals surface area (Å²) in [7, 11) is 0. The summed E-state index contributed by atoms with van der Waals surface area (Å²) in [6.07, 6.45) is 2.32. The highest BCUT2D eigenvalue weighted by Gasteiger charge is 2.25. The maximum absolute atomic E-state index is 13.2. The van der Waals surface area contributed by atoms with Crippen molar-refractivity contribution in [2.45, 2.75) is 43.8 Å². The second-order valence-corrected chi connectivity index (χ2v) is 8.60. The number of hydrogen-bond acceptors (Lipinski definition) is 4. The van der Waals surface area contributed by atoms with Gasteiger partial charge in [0.25, 0.3) is 0 Å². The fraction of sp³-hybridized carbons (Fsp3) is 0.240. The molecule has 1 N–H and O–H groups in total. The summed E-state index contributed by atoms with van der Waals surface area (Å²) >= 11 is 1.52. The van der Waals surface area contributed by atoms with Gasteiger partial charge in [-0.3, -0.25) is 9.36 Å². The van der Waals surface area contributed by atoms with E-state index in [4.69, 9.17) is 4.98 Å². The SMILES string of the molecule is CC[C@H](C(=O)NCc1ccc(C)cc1)n1c(SCc2ccc(F)cc2)nc2cccnc21. The van der Waals surface area contributed by atoms with Crippen LogP contribution in [0.3, 0.4) is 0 Å². The molecule has 2 aromatic heterocycles. The van der Waals surface area contributed by atoms with Gasteiger partial charge in [0.1, 0.15) is 17.4 Å². The van der Waals surface area contributed by atoms with Crippen LogP contribution < -0.4 is 5.32 Å². The third-order valence-electron chi connectivity index (χ3n) is 5.29. The van der Waals surface area contributed by atoms with E-state index in [9.17, 15) is 9.18 Å². The van der Waals surface area contributed by atoms with E-state index in [-0.39, 0.29) is 11.7 Å². The number of imidazole rings is 1. The normalized spacial score (nSPS) is 12.1. The summed E-state index contributed by atoms with van der Waals surface area (Å²) < 4.78 is 15.2. The van der Waals surface area contributed by atoms with Gasteiger partial charge < -0.3 is 5.32 Å². The van der Waals surface area contributed by atoms with Gasteiger partial charge in [-0.1, -0.05) is 60.6 Å². The second kappa shape index (κ2) is 9.96. The molecule has 0 aliphatic rings. The summed E-state index contributed by atoms with van der Waals surface area (Å²) in [6, 6.07) is 17.9. The summed E-state index contributed by atoms with van der Waals surface area (Å²) in [5.41, 5.74) is 4.66. The molecule has 5 nitrogen and oxygen atoms in total. The number of rotatable bonds is 8. The van der Waals surface area contributed by atoms with E-state index >= 15 is 0 Å². The first kappa shape index (κ1) is 22.0. The minimum absolute atomic E-state index is 0.0679. The van der Waals surface area contributed by atoms with E-state index in [1.165, 1.54) is 29.5 Å². The fourth-order valence-electron chi connectivity index (χ4n) is 3.52. The number of halogens is 1. The molecule has 0 aliphatic carbocycles. The van der Waals surface area contributed by atoms with Crippen LogP contribution >= 0.6 is 11.8 Å². The van der Waals surface area contributed by atoms with Gasteiger partial charge in [-0.05, 0) is 48.7 Å². The number of benzene rings is 2. The van der Waals surface area contributed by atoms with Crippen molar-refractivity contribution in [3.05, 3.63) is 89.4 Å². The van der Waals surface area contributed by atoms with Crippen molar-refractivity contribution >= 4 is 28.8 Å². The number of aromatic nitrogens is 3. The van der Waals surface area contributed by atoms with Crippen LogP contribution in [0.1, 0.15) is 36.1 Å². The molecule has 0 aliphatic heterocycles. The Morgan fingerprint density at radius 3 is 2.53 bits per heavy atom. The van der Waals surface area contributed by atoms with Crippen LogP contribution in [0.25, 0.3) is 11.2 Å². The lowest BCUT2D eigenvalue weighted by Crippen LogP contribution is -2.32. The van der Waals surface area contributed by atoms with E-state index in [1.54, 1.807) is 18.3 Å². The van der Waals surface area contributed by atoms with Gasteiger partial charge in [0.15, 0.2) is 10.8 Å². The van der Waals surface area contributed by atoms with Crippen molar-refractivity contribution in [2.24, 2.45) is 0 Å². The maximum Gasteiger partial charge on any atom is 0.243 e. The molecular formula is C25H25FN4OS. The number of thioether (sulfide) groups is 1. The van der Waals surface area contributed by atoms with Crippen molar-refractivity contribution in [3.63, 3.8) is 0 Å². The monoisotopic (exact) mass is 448 g/mol. The minimum Gasteiger partial charge on any atom is -0.350 e. The van der Waals surface area contributed by atoms with E-state index in [0.717, 1.165) is 21.8 Å². The smallest absolute Gasteiger partial charge is 0.243 e. The lowest BCUT2D eigenvalue weighted by Gasteiger charge is -2.19. The predicted octanol–water partition coefficient (Wildman–Crippen LogP) is 5.44.